The molecule has 1 saturated heterocycles. The second kappa shape index (κ2) is 6.33. The molecule has 1 N–H and O–H groups in total. The molecule has 0 spiro atoms. The molecule has 1 heterocycles. The maximum Gasteiger partial charge on any atom is 0.335 e. The first-order valence-electron chi connectivity index (χ1n) is 7.47. The molecule has 2 aromatic carbocycles. The van der Waals surface area contributed by atoms with E-state index >= 15 is 0 Å². The van der Waals surface area contributed by atoms with Crippen LogP contribution in [-0.4, -0.2) is 36.9 Å². The predicted octanol–water partition coefficient (Wildman–Crippen LogP) is 2.70. The summed E-state index contributed by atoms with van der Waals surface area (Å²) >= 11 is 0. The summed E-state index contributed by atoms with van der Waals surface area (Å²) in [4.78, 5) is 10.4. The highest BCUT2D eigenvalue weighted by molar-refractivity contribution is 7.89. The van der Waals surface area contributed by atoms with Crippen LogP contribution in [0.15, 0.2) is 53.4 Å². The first kappa shape index (κ1) is 16.6. The van der Waals surface area contributed by atoms with E-state index in [1.807, 2.05) is 30.3 Å². The van der Waals surface area contributed by atoms with Crippen LogP contribution in [0.4, 0.5) is 4.39 Å². The van der Waals surface area contributed by atoms with E-state index in [1.54, 1.807) is 0 Å². The Morgan fingerprint density at radius 3 is 2.50 bits per heavy atom. The van der Waals surface area contributed by atoms with Gasteiger partial charge in [0.25, 0.3) is 0 Å². The number of carboxylic acids is 1. The van der Waals surface area contributed by atoms with Gasteiger partial charge in [0, 0.05) is 13.1 Å². The van der Waals surface area contributed by atoms with Gasteiger partial charge in [0.2, 0.25) is 10.0 Å². The van der Waals surface area contributed by atoms with Gasteiger partial charge in [0.05, 0.1) is 5.56 Å². The van der Waals surface area contributed by atoms with E-state index in [4.69, 9.17) is 5.11 Å². The molecule has 1 fully saturated rings. The lowest BCUT2D eigenvalue weighted by atomic mass is 9.99. The van der Waals surface area contributed by atoms with E-state index in [1.165, 1.54) is 4.31 Å². The lowest BCUT2D eigenvalue weighted by Crippen LogP contribution is -2.29. The summed E-state index contributed by atoms with van der Waals surface area (Å²) in [6, 6.07) is 12.4. The second-order valence-corrected chi connectivity index (χ2v) is 7.62. The molecule has 0 bridgehead atoms. The molecule has 0 radical (unpaired) electrons. The van der Waals surface area contributed by atoms with Crippen LogP contribution in [0.3, 0.4) is 0 Å². The van der Waals surface area contributed by atoms with Crippen LogP contribution in [0.25, 0.3) is 0 Å². The molecule has 0 amide bonds. The van der Waals surface area contributed by atoms with Crippen molar-refractivity contribution in [1.29, 1.82) is 0 Å². The van der Waals surface area contributed by atoms with E-state index in [-0.39, 0.29) is 18.0 Å². The Labute approximate surface area is 139 Å². The van der Waals surface area contributed by atoms with E-state index in [2.05, 4.69) is 0 Å². The maximum absolute atomic E-state index is 14.1. The number of aromatic carboxylic acids is 1. The van der Waals surface area contributed by atoms with Crippen LogP contribution in [0, 0.1) is 5.82 Å². The van der Waals surface area contributed by atoms with Crippen LogP contribution >= 0.6 is 0 Å². The third kappa shape index (κ3) is 3.05. The van der Waals surface area contributed by atoms with E-state index in [9.17, 15) is 17.6 Å². The van der Waals surface area contributed by atoms with Crippen LogP contribution in [-0.2, 0) is 10.0 Å². The number of hydrogen-bond acceptors (Lipinski definition) is 3. The van der Waals surface area contributed by atoms with Crippen molar-refractivity contribution in [2.24, 2.45) is 0 Å². The summed E-state index contributed by atoms with van der Waals surface area (Å²) in [5.41, 5.74) is 0.770. The van der Waals surface area contributed by atoms with Crippen LogP contribution in [0.1, 0.15) is 28.3 Å². The zero-order valence-electron chi connectivity index (χ0n) is 12.7. The number of benzene rings is 2. The predicted molar refractivity (Wildman–Crippen MR) is 85.9 cm³/mol. The van der Waals surface area contributed by atoms with E-state index in [0.717, 1.165) is 23.8 Å². The van der Waals surface area contributed by atoms with Crippen LogP contribution in [0.5, 0.6) is 0 Å². The fourth-order valence-electron chi connectivity index (χ4n) is 2.93. The SMILES string of the molecule is O=C(O)c1ccc(S(=O)(=O)N2CC[C@H](c3ccccc3)C2)c(F)c1. The van der Waals surface area contributed by atoms with Gasteiger partial charge >= 0.3 is 5.97 Å². The van der Waals surface area contributed by atoms with Gasteiger partial charge in [-0.15, -0.1) is 0 Å². The number of nitrogens with zero attached hydrogens (tertiary/aromatic N) is 1. The normalized spacial score (nSPS) is 18.6. The van der Waals surface area contributed by atoms with Crippen molar-refractivity contribution in [2.45, 2.75) is 17.2 Å². The van der Waals surface area contributed by atoms with Gasteiger partial charge in [0.1, 0.15) is 10.7 Å². The molecule has 1 aliphatic rings. The number of carbonyl (C=O) groups is 1. The quantitative estimate of drug-likeness (QED) is 0.921. The minimum atomic E-state index is -3.99. The van der Waals surface area contributed by atoms with Crippen molar-refractivity contribution in [3.63, 3.8) is 0 Å². The van der Waals surface area contributed by atoms with Gasteiger partial charge in [-0.2, -0.15) is 4.31 Å². The van der Waals surface area contributed by atoms with E-state index in [0.29, 0.717) is 13.0 Å². The summed E-state index contributed by atoms with van der Waals surface area (Å²) in [7, 11) is -3.99. The summed E-state index contributed by atoms with van der Waals surface area (Å²) in [6.45, 7) is 0.592. The van der Waals surface area contributed by atoms with Crippen molar-refractivity contribution in [1.82, 2.24) is 4.31 Å². The molecular formula is C17H16FNO4S. The van der Waals surface area contributed by atoms with Crippen molar-refractivity contribution >= 4 is 16.0 Å². The minimum Gasteiger partial charge on any atom is -0.478 e. The molecule has 7 heteroatoms. The fraction of sp³-hybridized carbons (Fsp3) is 0.235. The average molecular weight is 349 g/mol. The van der Waals surface area contributed by atoms with Gasteiger partial charge in [-0.25, -0.2) is 17.6 Å². The lowest BCUT2D eigenvalue weighted by molar-refractivity contribution is 0.0696. The van der Waals surface area contributed by atoms with Gasteiger partial charge in [0.15, 0.2) is 0 Å². The first-order valence-corrected chi connectivity index (χ1v) is 8.91. The maximum atomic E-state index is 14.1. The molecule has 1 atom stereocenters. The molecule has 3 rings (SSSR count). The van der Waals surface area contributed by atoms with Gasteiger partial charge in [-0.05, 0) is 36.1 Å². The number of rotatable bonds is 4. The molecule has 0 aliphatic carbocycles. The zero-order valence-corrected chi connectivity index (χ0v) is 13.5. The summed E-state index contributed by atoms with van der Waals surface area (Å²) < 4.78 is 40.7. The highest BCUT2D eigenvalue weighted by Gasteiger charge is 2.34. The van der Waals surface area contributed by atoms with Crippen molar-refractivity contribution in [3.05, 3.63) is 65.5 Å². The number of carboxylic acid groups (broad SMARTS) is 1. The minimum absolute atomic E-state index is 0.0716. The Kier molecular flexibility index (Phi) is 4.38. The zero-order chi connectivity index (χ0) is 17.3. The monoisotopic (exact) mass is 349 g/mol. The number of halogens is 1. The van der Waals surface area contributed by atoms with Crippen molar-refractivity contribution in [2.75, 3.05) is 13.1 Å². The molecule has 0 saturated carbocycles. The molecule has 2 aromatic rings. The molecule has 0 aromatic heterocycles. The Balaban J connectivity index is 1.85. The third-order valence-electron chi connectivity index (χ3n) is 4.22. The Morgan fingerprint density at radius 2 is 1.88 bits per heavy atom. The largest absolute Gasteiger partial charge is 0.478 e. The van der Waals surface area contributed by atoms with Gasteiger partial charge in [-0.3, -0.25) is 0 Å². The van der Waals surface area contributed by atoms with Crippen LogP contribution < -0.4 is 0 Å². The molecular weight excluding hydrogens is 333 g/mol. The third-order valence-corrected chi connectivity index (χ3v) is 6.12. The molecule has 0 unspecified atom stereocenters. The number of sulfonamides is 1. The van der Waals surface area contributed by atoms with Crippen molar-refractivity contribution < 1.29 is 22.7 Å². The highest BCUT2D eigenvalue weighted by Crippen LogP contribution is 2.31. The summed E-state index contributed by atoms with van der Waals surface area (Å²) in [6.07, 6.45) is 0.665. The van der Waals surface area contributed by atoms with Crippen molar-refractivity contribution in [3.8, 4) is 0 Å². The van der Waals surface area contributed by atoms with Gasteiger partial charge < -0.3 is 5.11 Å². The van der Waals surface area contributed by atoms with Gasteiger partial charge in [-0.1, -0.05) is 30.3 Å². The Hall–Kier alpha value is -2.25. The Bertz CT molecular complexity index is 867. The second-order valence-electron chi connectivity index (χ2n) is 5.71. The standard InChI is InChI=1S/C17H16FNO4S/c18-15-10-13(17(20)21)6-7-16(15)24(22,23)19-9-8-14(11-19)12-4-2-1-3-5-12/h1-7,10,14H,8-9,11H2,(H,20,21)/t14-/m0/s1. The summed E-state index contributed by atoms with van der Waals surface area (Å²) in [5.74, 6) is -2.27. The highest BCUT2D eigenvalue weighted by atomic mass is 32.2. The fourth-order valence-corrected chi connectivity index (χ4v) is 4.47. The summed E-state index contributed by atoms with van der Waals surface area (Å²) in [5, 5.41) is 8.85. The van der Waals surface area contributed by atoms with Crippen LogP contribution in [0.2, 0.25) is 0 Å². The first-order chi connectivity index (χ1) is 11.4. The topological polar surface area (TPSA) is 74.7 Å². The number of hydrogen-bond donors (Lipinski definition) is 1. The average Bonchev–Trinajstić information content (AvgIpc) is 3.06. The molecule has 5 nitrogen and oxygen atoms in total. The molecule has 126 valence electrons. The molecule has 24 heavy (non-hydrogen) atoms. The smallest absolute Gasteiger partial charge is 0.335 e. The van der Waals surface area contributed by atoms with E-state index < -0.39 is 26.7 Å². The lowest BCUT2D eigenvalue weighted by Gasteiger charge is -2.17. The Morgan fingerprint density at radius 1 is 1.17 bits per heavy atom. The molecule has 1 aliphatic heterocycles.